The van der Waals surface area contributed by atoms with E-state index in [2.05, 4.69) is 10.3 Å². The maximum atomic E-state index is 11.3. The Bertz CT molecular complexity index is 860. The summed E-state index contributed by atoms with van der Waals surface area (Å²) in [6.45, 7) is 0. The molecule has 0 saturated heterocycles. The molecule has 1 saturated carbocycles. The number of nitrogens with zero attached hydrogens (tertiary/aromatic N) is 2. The van der Waals surface area contributed by atoms with Gasteiger partial charge in [-0.1, -0.05) is 0 Å². The first-order chi connectivity index (χ1) is 11.3. The normalized spacial score (nSPS) is 21.7. The van der Waals surface area contributed by atoms with Crippen LogP contribution in [0.1, 0.15) is 25.7 Å². The summed E-state index contributed by atoms with van der Waals surface area (Å²) in [4.78, 5) is 15.0. The molecule has 0 spiro atoms. The summed E-state index contributed by atoms with van der Waals surface area (Å²) in [5.74, 6) is 0.0472. The van der Waals surface area contributed by atoms with Gasteiger partial charge in [-0.05, 0) is 43.0 Å². The van der Waals surface area contributed by atoms with E-state index in [1.54, 1.807) is 0 Å². The molecule has 1 aliphatic carbocycles. The summed E-state index contributed by atoms with van der Waals surface area (Å²) < 4.78 is 23.1. The Morgan fingerprint density at radius 1 is 1.38 bits per heavy atom. The minimum absolute atomic E-state index is 0.00809. The molecule has 7 nitrogen and oxygen atoms in total. The van der Waals surface area contributed by atoms with Crippen LogP contribution in [-0.2, 0) is 9.05 Å². The monoisotopic (exact) mass is 389 g/mol. The number of halogens is 1. The van der Waals surface area contributed by atoms with E-state index in [4.69, 9.17) is 10.7 Å². The first-order valence-electron chi connectivity index (χ1n) is 7.53. The number of nitro groups is 1. The molecule has 1 fully saturated rings. The molecule has 0 bridgehead atoms. The highest BCUT2D eigenvalue weighted by Crippen LogP contribution is 2.37. The highest BCUT2D eigenvalue weighted by molar-refractivity contribution is 8.13. The average molecular weight is 390 g/mol. The van der Waals surface area contributed by atoms with Gasteiger partial charge in [0.05, 0.1) is 20.9 Å². The number of nitrogens with one attached hydrogen (secondary N) is 1. The van der Waals surface area contributed by atoms with Gasteiger partial charge in [-0.15, -0.1) is 11.3 Å². The van der Waals surface area contributed by atoms with Gasteiger partial charge < -0.3 is 5.32 Å². The van der Waals surface area contributed by atoms with Crippen molar-refractivity contribution in [3.63, 3.8) is 0 Å². The number of pyridine rings is 1. The van der Waals surface area contributed by atoms with E-state index in [1.807, 2.05) is 11.4 Å². The van der Waals surface area contributed by atoms with Gasteiger partial charge >= 0.3 is 5.69 Å². The molecular weight excluding hydrogens is 374 g/mol. The van der Waals surface area contributed by atoms with Crippen molar-refractivity contribution < 1.29 is 13.3 Å². The zero-order valence-corrected chi connectivity index (χ0v) is 15.0. The summed E-state index contributed by atoms with van der Waals surface area (Å²) in [5.41, 5.74) is 1.21. The maximum absolute atomic E-state index is 11.3. The van der Waals surface area contributed by atoms with Gasteiger partial charge in [-0.3, -0.25) is 10.1 Å². The molecule has 2 aromatic rings. The predicted octanol–water partition coefficient (Wildman–Crippen LogP) is 3.74. The molecule has 130 valence electrons. The lowest BCUT2D eigenvalue weighted by atomic mass is 9.87. The van der Waals surface area contributed by atoms with E-state index >= 15 is 0 Å². The van der Waals surface area contributed by atoms with Crippen LogP contribution in [0.15, 0.2) is 17.6 Å². The van der Waals surface area contributed by atoms with E-state index in [0.29, 0.717) is 5.69 Å². The Labute approximate surface area is 147 Å². The molecule has 1 N–H and O–H groups in total. The van der Waals surface area contributed by atoms with E-state index in [0.717, 1.165) is 35.9 Å². The fraction of sp³-hybridized carbons (Fsp3) is 0.500. The smallest absolute Gasteiger partial charge is 0.311 e. The molecule has 0 radical (unpaired) electrons. The van der Waals surface area contributed by atoms with Crippen molar-refractivity contribution in [1.29, 1.82) is 0 Å². The fourth-order valence-corrected chi connectivity index (χ4v) is 5.43. The van der Waals surface area contributed by atoms with Crippen molar-refractivity contribution in [1.82, 2.24) is 4.98 Å². The molecular formula is C14H16ClN3O4S2. The van der Waals surface area contributed by atoms with Crippen LogP contribution in [0, 0.1) is 16.0 Å². The number of fused-ring (bicyclic) bond motifs is 1. The van der Waals surface area contributed by atoms with Crippen LogP contribution in [0.3, 0.4) is 0 Å². The van der Waals surface area contributed by atoms with E-state index in [-0.39, 0.29) is 23.4 Å². The molecule has 10 heteroatoms. The molecule has 3 rings (SSSR count). The number of hydrogen-bond acceptors (Lipinski definition) is 7. The number of hydrogen-bond donors (Lipinski definition) is 1. The van der Waals surface area contributed by atoms with E-state index in [9.17, 15) is 18.5 Å². The Morgan fingerprint density at radius 3 is 2.71 bits per heavy atom. The minimum atomic E-state index is -3.48. The third kappa shape index (κ3) is 3.96. The molecule has 2 aromatic heterocycles. The quantitative estimate of drug-likeness (QED) is 0.474. The lowest BCUT2D eigenvalue weighted by Gasteiger charge is -2.29. The Hall–Kier alpha value is -1.45. The summed E-state index contributed by atoms with van der Waals surface area (Å²) in [6, 6.07) is 1.91. The predicted molar refractivity (Wildman–Crippen MR) is 95.3 cm³/mol. The molecule has 0 atom stereocenters. The summed E-state index contributed by atoms with van der Waals surface area (Å²) in [5, 5.41) is 16.4. The average Bonchev–Trinajstić information content (AvgIpc) is 2.96. The van der Waals surface area contributed by atoms with Crippen molar-refractivity contribution in [2.24, 2.45) is 5.92 Å². The van der Waals surface area contributed by atoms with Crippen LogP contribution in [0.5, 0.6) is 0 Å². The van der Waals surface area contributed by atoms with Gasteiger partial charge in [0, 0.05) is 16.7 Å². The largest absolute Gasteiger partial charge is 0.375 e. The molecule has 0 unspecified atom stereocenters. The van der Waals surface area contributed by atoms with Gasteiger partial charge in [-0.2, -0.15) is 0 Å². The molecule has 0 aromatic carbocycles. The highest BCUT2D eigenvalue weighted by atomic mass is 35.7. The van der Waals surface area contributed by atoms with Crippen LogP contribution in [0.25, 0.3) is 10.2 Å². The second-order valence-electron chi connectivity index (χ2n) is 5.98. The van der Waals surface area contributed by atoms with Crippen molar-refractivity contribution >= 4 is 52.7 Å². The lowest BCUT2D eigenvalue weighted by molar-refractivity contribution is -0.384. The first-order valence-corrected chi connectivity index (χ1v) is 10.9. The maximum Gasteiger partial charge on any atom is 0.311 e. The van der Waals surface area contributed by atoms with Crippen molar-refractivity contribution in [3.8, 4) is 0 Å². The Morgan fingerprint density at radius 2 is 2.08 bits per heavy atom. The molecule has 24 heavy (non-hydrogen) atoms. The van der Waals surface area contributed by atoms with Crippen LogP contribution in [0.2, 0.25) is 0 Å². The molecule has 0 aliphatic heterocycles. The van der Waals surface area contributed by atoms with Crippen molar-refractivity contribution in [2.75, 3.05) is 11.1 Å². The second kappa shape index (κ2) is 6.81. The number of anilines is 1. The van der Waals surface area contributed by atoms with Gasteiger partial charge in [0.1, 0.15) is 11.9 Å². The zero-order chi connectivity index (χ0) is 17.3. The Kier molecular flexibility index (Phi) is 4.93. The fourth-order valence-electron chi connectivity index (χ4n) is 3.14. The van der Waals surface area contributed by atoms with E-state index < -0.39 is 14.0 Å². The van der Waals surface area contributed by atoms with Crippen LogP contribution >= 0.6 is 22.0 Å². The first kappa shape index (κ1) is 17.4. The van der Waals surface area contributed by atoms with Gasteiger partial charge in [-0.25, -0.2) is 13.4 Å². The van der Waals surface area contributed by atoms with Crippen molar-refractivity contribution in [2.45, 2.75) is 31.7 Å². The number of aromatic nitrogens is 1. The third-order valence-corrected chi connectivity index (χ3v) is 6.45. The summed E-state index contributed by atoms with van der Waals surface area (Å²) in [6.07, 6.45) is 4.25. The highest BCUT2D eigenvalue weighted by Gasteiger charge is 2.27. The minimum Gasteiger partial charge on any atom is -0.375 e. The zero-order valence-electron chi connectivity index (χ0n) is 12.6. The summed E-state index contributed by atoms with van der Waals surface area (Å²) in [7, 11) is 1.83. The van der Waals surface area contributed by atoms with Crippen LogP contribution < -0.4 is 5.32 Å². The summed E-state index contributed by atoms with van der Waals surface area (Å²) >= 11 is 1.42. The van der Waals surface area contributed by atoms with Crippen molar-refractivity contribution in [3.05, 3.63) is 27.8 Å². The molecule has 0 amide bonds. The van der Waals surface area contributed by atoms with Gasteiger partial charge in [0.2, 0.25) is 9.05 Å². The topological polar surface area (TPSA) is 102 Å². The van der Waals surface area contributed by atoms with E-state index in [1.165, 1.54) is 17.5 Å². The number of rotatable bonds is 5. The SMILES string of the molecule is O=[N+]([O-])c1cnc2ccsc2c1N[C@H]1CC[C@H](CS(=O)(=O)Cl)CC1. The lowest BCUT2D eigenvalue weighted by Crippen LogP contribution is -2.28. The van der Waals surface area contributed by atoms with Gasteiger partial charge in [0.25, 0.3) is 0 Å². The number of thiophene rings is 1. The standard InChI is InChI=1S/C14H16ClN3O4S2/c15-24(21,22)8-9-1-3-10(4-2-9)17-13-12(18(19)20)7-16-11-5-6-23-14(11)13/h5-7,9-10H,1-4,8H2,(H,16,17)/t9-,10-. The Balaban J connectivity index is 1.75. The molecule has 1 aliphatic rings. The van der Waals surface area contributed by atoms with Crippen LogP contribution in [-0.4, -0.2) is 30.1 Å². The van der Waals surface area contributed by atoms with Gasteiger partial charge in [0.15, 0.2) is 0 Å². The second-order valence-corrected chi connectivity index (χ2v) is 9.72. The molecule has 2 heterocycles. The van der Waals surface area contributed by atoms with Crippen LogP contribution in [0.4, 0.5) is 11.4 Å². The third-order valence-electron chi connectivity index (χ3n) is 4.28.